The van der Waals surface area contributed by atoms with Crippen molar-refractivity contribution in [2.75, 3.05) is 13.7 Å². The highest BCUT2D eigenvalue weighted by atomic mass is 19.1. The molecule has 2 unspecified atom stereocenters. The molecule has 2 aromatic heterocycles. The van der Waals surface area contributed by atoms with Gasteiger partial charge in [-0.2, -0.15) is 0 Å². The summed E-state index contributed by atoms with van der Waals surface area (Å²) < 4.78 is 48.5. The van der Waals surface area contributed by atoms with Gasteiger partial charge in [0.25, 0.3) is 0 Å². The van der Waals surface area contributed by atoms with E-state index in [9.17, 15) is 14.0 Å². The van der Waals surface area contributed by atoms with E-state index in [1.165, 1.54) is 25.3 Å². The van der Waals surface area contributed by atoms with Gasteiger partial charge < -0.3 is 18.8 Å². The summed E-state index contributed by atoms with van der Waals surface area (Å²) in [7, 11) is 3.24. The smallest absolute Gasteiger partial charge is 0.339 e. The lowest BCUT2D eigenvalue weighted by Gasteiger charge is -2.29. The van der Waals surface area contributed by atoms with Crippen LogP contribution < -0.4 is 4.74 Å². The van der Waals surface area contributed by atoms with Crippen molar-refractivity contribution >= 4 is 22.8 Å². The van der Waals surface area contributed by atoms with Gasteiger partial charge in [-0.05, 0) is 114 Å². The lowest BCUT2D eigenvalue weighted by Crippen LogP contribution is -2.29. The average Bonchev–Trinajstić information content (AvgIpc) is 3.38. The largest absolute Gasteiger partial charge is 0.490 e. The van der Waals surface area contributed by atoms with E-state index in [4.69, 9.17) is 19.2 Å². The Morgan fingerprint density at radius 2 is 1.80 bits per heavy atom. The molecule has 262 valence electrons. The van der Waals surface area contributed by atoms with E-state index in [0.717, 1.165) is 40.6 Å². The number of rotatable bonds is 12. The fourth-order valence-corrected chi connectivity index (χ4v) is 7.00. The molecule has 0 saturated carbocycles. The Kier molecular flexibility index (Phi) is 10.9. The molecule has 5 rings (SSSR count). The highest BCUT2D eigenvalue weighted by Gasteiger charge is 2.35. The molecule has 0 radical (unpaired) electrons. The van der Waals surface area contributed by atoms with Crippen LogP contribution in [0.15, 0.2) is 36.4 Å². The molecule has 0 N–H and O–H groups in total. The van der Waals surface area contributed by atoms with Crippen LogP contribution in [0.5, 0.6) is 5.75 Å². The standard InChI is InChI=1S/C40H48F2N2O5/c1-9-26(15-12-25-13-16-27(41)17-14-25)33(45)19-18-28-21-31-35(30-22-32(42)36-29(23(30)2)11-10-20-48-36)34(24(3)43-38(31)44(28)7)37(39(46)47-8)49-40(4,5)6/h13-14,16-17,21-22,26,37H,9-12,15,18-20H2,1-8H3. The molecule has 4 aromatic rings. The molecule has 1 aliphatic heterocycles. The van der Waals surface area contributed by atoms with Gasteiger partial charge in [-0.25, -0.2) is 18.6 Å². The summed E-state index contributed by atoms with van der Waals surface area (Å²) in [6.45, 7) is 11.9. The number of hydrogen-bond donors (Lipinski definition) is 0. The number of pyridine rings is 1. The van der Waals surface area contributed by atoms with Gasteiger partial charge in [0.15, 0.2) is 17.7 Å². The number of carbonyl (C=O) groups is 2. The summed E-state index contributed by atoms with van der Waals surface area (Å²) in [5.74, 6) is -0.956. The van der Waals surface area contributed by atoms with Crippen molar-refractivity contribution in [1.82, 2.24) is 9.55 Å². The number of ether oxygens (including phenoxy) is 3. The molecule has 0 aliphatic carbocycles. The maximum absolute atomic E-state index is 15.8. The summed E-state index contributed by atoms with van der Waals surface area (Å²) in [5.41, 5.74) is 5.92. The molecule has 0 amide bonds. The molecule has 1 aliphatic rings. The number of aromatic nitrogens is 2. The number of ketones is 1. The second kappa shape index (κ2) is 14.8. The van der Waals surface area contributed by atoms with Crippen LogP contribution in [0.2, 0.25) is 0 Å². The second-order valence-electron chi connectivity index (χ2n) is 14.1. The normalized spacial score (nSPS) is 14.3. The van der Waals surface area contributed by atoms with Gasteiger partial charge in [-0.15, -0.1) is 0 Å². The fourth-order valence-electron chi connectivity index (χ4n) is 7.00. The molecule has 9 heteroatoms. The minimum atomic E-state index is -1.12. The average molecular weight is 675 g/mol. The maximum atomic E-state index is 15.8. The number of nitrogens with zero attached hydrogens (tertiary/aromatic N) is 2. The van der Waals surface area contributed by atoms with Crippen LogP contribution in [0.4, 0.5) is 8.78 Å². The molecule has 2 aromatic carbocycles. The van der Waals surface area contributed by atoms with Gasteiger partial charge in [-0.3, -0.25) is 4.79 Å². The zero-order valence-electron chi connectivity index (χ0n) is 30.0. The van der Waals surface area contributed by atoms with E-state index in [0.29, 0.717) is 66.7 Å². The molecule has 3 heterocycles. The number of fused-ring (bicyclic) bond motifs is 2. The number of halogens is 2. The Morgan fingerprint density at radius 3 is 2.45 bits per heavy atom. The minimum absolute atomic E-state index is 0.110. The Labute approximate surface area is 288 Å². The predicted octanol–water partition coefficient (Wildman–Crippen LogP) is 8.65. The van der Waals surface area contributed by atoms with Crippen LogP contribution in [0.1, 0.15) is 93.1 Å². The van der Waals surface area contributed by atoms with Crippen molar-refractivity contribution in [2.24, 2.45) is 13.0 Å². The van der Waals surface area contributed by atoms with Gasteiger partial charge >= 0.3 is 5.97 Å². The number of methoxy groups -OCH3 is 1. The first-order valence-corrected chi connectivity index (χ1v) is 17.2. The lowest BCUT2D eigenvalue weighted by molar-refractivity contribution is -0.164. The summed E-state index contributed by atoms with van der Waals surface area (Å²) in [5, 5.41) is 0.736. The molecule has 0 spiro atoms. The van der Waals surface area contributed by atoms with Crippen molar-refractivity contribution in [3.8, 4) is 16.9 Å². The van der Waals surface area contributed by atoms with Crippen molar-refractivity contribution in [3.63, 3.8) is 0 Å². The van der Waals surface area contributed by atoms with Crippen LogP contribution in [-0.2, 0) is 45.4 Å². The Morgan fingerprint density at radius 1 is 1.08 bits per heavy atom. The van der Waals surface area contributed by atoms with Gasteiger partial charge in [0.05, 0.1) is 19.3 Å². The molecule has 2 atom stereocenters. The highest BCUT2D eigenvalue weighted by Crippen LogP contribution is 2.45. The van der Waals surface area contributed by atoms with Crippen LogP contribution in [-0.4, -0.2) is 40.6 Å². The third-order valence-electron chi connectivity index (χ3n) is 9.63. The molecule has 0 saturated heterocycles. The maximum Gasteiger partial charge on any atom is 0.339 e. The Bertz CT molecular complexity index is 1860. The van der Waals surface area contributed by atoms with Gasteiger partial charge in [0.2, 0.25) is 0 Å². The van der Waals surface area contributed by atoms with Crippen LogP contribution >= 0.6 is 0 Å². The number of carbonyl (C=O) groups excluding carboxylic acids is 2. The van der Waals surface area contributed by atoms with Crippen molar-refractivity contribution in [1.29, 1.82) is 0 Å². The third kappa shape index (κ3) is 7.72. The SMILES string of the molecule is CCC(CCc1ccc(F)cc1)C(=O)CCc1cc2c(-c3cc(F)c4c(c3C)CCCO4)c(C(OC(C)(C)C)C(=O)OC)c(C)nc2n1C. The topological polar surface area (TPSA) is 79.7 Å². The van der Waals surface area contributed by atoms with Crippen molar-refractivity contribution in [2.45, 2.75) is 98.2 Å². The number of aryl methyl sites for hydroxylation is 4. The number of hydrogen-bond acceptors (Lipinski definition) is 6. The highest BCUT2D eigenvalue weighted by molar-refractivity contribution is 5.99. The second-order valence-corrected chi connectivity index (χ2v) is 14.1. The number of esters is 1. The Hall–Kier alpha value is -4.11. The van der Waals surface area contributed by atoms with E-state index in [1.54, 1.807) is 12.1 Å². The quantitative estimate of drug-likeness (QED) is 0.140. The fraction of sp³-hybridized carbons (Fsp3) is 0.475. The van der Waals surface area contributed by atoms with E-state index >= 15 is 4.39 Å². The zero-order valence-corrected chi connectivity index (χ0v) is 30.0. The van der Waals surface area contributed by atoms with Crippen LogP contribution in [0.25, 0.3) is 22.2 Å². The van der Waals surface area contributed by atoms with Crippen molar-refractivity contribution < 1.29 is 32.6 Å². The summed E-state index contributed by atoms with van der Waals surface area (Å²) in [4.78, 5) is 31.9. The third-order valence-corrected chi connectivity index (χ3v) is 9.63. The monoisotopic (exact) mass is 674 g/mol. The molecular formula is C40H48F2N2O5. The number of Topliss-reactive ketones (excluding diaryl/α,β-unsaturated/α-hetero) is 1. The summed E-state index contributed by atoms with van der Waals surface area (Å²) >= 11 is 0. The molecule has 0 fully saturated rings. The van der Waals surface area contributed by atoms with E-state index in [1.807, 2.05) is 59.2 Å². The van der Waals surface area contributed by atoms with Crippen LogP contribution in [0, 0.1) is 31.4 Å². The van der Waals surface area contributed by atoms with E-state index in [-0.39, 0.29) is 23.3 Å². The minimum Gasteiger partial charge on any atom is -0.490 e. The zero-order chi connectivity index (χ0) is 35.6. The molecular weight excluding hydrogens is 626 g/mol. The number of benzene rings is 2. The summed E-state index contributed by atoms with van der Waals surface area (Å²) in [6.07, 6.45) is 3.27. The predicted molar refractivity (Wildman–Crippen MR) is 187 cm³/mol. The van der Waals surface area contributed by atoms with Gasteiger partial charge in [0.1, 0.15) is 17.2 Å². The van der Waals surface area contributed by atoms with Crippen LogP contribution in [0.3, 0.4) is 0 Å². The first kappa shape index (κ1) is 36.2. The molecule has 49 heavy (non-hydrogen) atoms. The van der Waals surface area contributed by atoms with E-state index in [2.05, 4.69) is 0 Å². The molecule has 7 nitrogen and oxygen atoms in total. The van der Waals surface area contributed by atoms with Gasteiger partial charge in [0, 0.05) is 52.9 Å². The first-order chi connectivity index (χ1) is 23.2. The summed E-state index contributed by atoms with van der Waals surface area (Å²) in [6, 6.07) is 9.93. The first-order valence-electron chi connectivity index (χ1n) is 17.2. The Balaban J connectivity index is 1.59. The van der Waals surface area contributed by atoms with Crippen molar-refractivity contribution in [3.05, 3.63) is 81.7 Å². The van der Waals surface area contributed by atoms with Gasteiger partial charge in [-0.1, -0.05) is 19.1 Å². The van der Waals surface area contributed by atoms with E-state index < -0.39 is 23.5 Å². The molecule has 0 bridgehead atoms. The lowest BCUT2D eigenvalue weighted by atomic mass is 9.86.